The van der Waals surface area contributed by atoms with Crippen molar-refractivity contribution in [2.75, 3.05) is 6.61 Å². The maximum atomic E-state index is 13.9. The molecule has 0 amide bonds. The van der Waals surface area contributed by atoms with E-state index in [2.05, 4.69) is 10.1 Å². The summed E-state index contributed by atoms with van der Waals surface area (Å²) >= 11 is 6.25. The Hall–Kier alpha value is -5.69. The van der Waals surface area contributed by atoms with E-state index in [0.29, 0.717) is 23.1 Å². The van der Waals surface area contributed by atoms with Crippen LogP contribution in [0, 0.1) is 27.2 Å². The maximum absolute atomic E-state index is 13.9. The highest BCUT2D eigenvalue weighted by atomic mass is 35.5. The summed E-state index contributed by atoms with van der Waals surface area (Å²) in [7, 11) is 0. The number of halogens is 1. The van der Waals surface area contributed by atoms with E-state index >= 15 is 0 Å². The van der Waals surface area contributed by atoms with Gasteiger partial charge in [-0.3, -0.25) is 25.0 Å². The number of fused-ring (bicyclic) bond motifs is 1. The second kappa shape index (κ2) is 13.1. The number of hydrogen-bond donors (Lipinski definition) is 0. The third-order valence-corrected chi connectivity index (χ3v) is 7.20. The maximum Gasteiger partial charge on any atom is 0.313 e. The van der Waals surface area contributed by atoms with E-state index in [1.807, 2.05) is 39.8 Å². The smallest absolute Gasteiger partial charge is 0.313 e. The van der Waals surface area contributed by atoms with Gasteiger partial charge in [0.15, 0.2) is 5.82 Å². The lowest BCUT2D eigenvalue weighted by atomic mass is 9.96. The third kappa shape index (κ3) is 6.40. The van der Waals surface area contributed by atoms with Crippen LogP contribution < -0.4 is 15.0 Å². The molecule has 46 heavy (non-hydrogen) atoms. The van der Waals surface area contributed by atoms with Crippen LogP contribution in [0.1, 0.15) is 43.4 Å². The summed E-state index contributed by atoms with van der Waals surface area (Å²) in [6.07, 6.45) is 2.16. The minimum absolute atomic E-state index is 0.00491. The Morgan fingerprint density at radius 1 is 1.07 bits per heavy atom. The lowest BCUT2D eigenvalue weighted by Crippen LogP contribution is -2.21. The molecule has 234 valence electrons. The van der Waals surface area contributed by atoms with Gasteiger partial charge in [-0.1, -0.05) is 37.6 Å². The molecule has 0 aliphatic carbocycles. The number of ether oxygens (including phenoxy) is 2. The van der Waals surface area contributed by atoms with Gasteiger partial charge in [-0.2, -0.15) is 9.78 Å². The molecule has 0 saturated carbocycles. The van der Waals surface area contributed by atoms with Gasteiger partial charge in [0, 0.05) is 34.3 Å². The summed E-state index contributed by atoms with van der Waals surface area (Å²) in [6.45, 7) is 8.32. The van der Waals surface area contributed by atoms with E-state index < -0.39 is 21.1 Å². The van der Waals surface area contributed by atoms with Crippen LogP contribution in [0.3, 0.4) is 0 Å². The Bertz CT molecular complexity index is 2080. The van der Waals surface area contributed by atoms with Gasteiger partial charge in [0.2, 0.25) is 11.6 Å². The van der Waals surface area contributed by atoms with Crippen LogP contribution in [-0.2, 0) is 0 Å². The summed E-state index contributed by atoms with van der Waals surface area (Å²) in [5.74, 6) is 0.609. The first kappa shape index (κ1) is 31.7. The zero-order chi connectivity index (χ0) is 33.1. The van der Waals surface area contributed by atoms with Gasteiger partial charge in [-0.05, 0) is 61.2 Å². The van der Waals surface area contributed by atoms with Crippen molar-refractivity contribution >= 4 is 40.1 Å². The number of aryl methyl sites for hydroxylation is 1. The van der Waals surface area contributed by atoms with Crippen molar-refractivity contribution in [2.45, 2.75) is 33.6 Å². The summed E-state index contributed by atoms with van der Waals surface area (Å²) in [5, 5.41) is 27.8. The Balaban J connectivity index is 1.72. The minimum Gasteiger partial charge on any atom is -0.494 e. The molecule has 0 aliphatic rings. The SMILES string of the molecule is CCOc1cc(C)c(-c2nc3ccccc3c(=O)n2N=Cc2cc(Cl)cc([N+](=O)[O-])c2Oc2ccc([N+](=O)[O-])cn2)cc1C(C)C. The van der Waals surface area contributed by atoms with Gasteiger partial charge < -0.3 is 9.47 Å². The average Bonchev–Trinajstić information content (AvgIpc) is 3.01. The van der Waals surface area contributed by atoms with E-state index in [1.165, 1.54) is 18.3 Å². The first-order valence-electron chi connectivity index (χ1n) is 14.1. The second-order valence-electron chi connectivity index (χ2n) is 10.4. The number of hydrogen-bond acceptors (Lipinski definition) is 10. The molecule has 0 atom stereocenters. The molecule has 0 unspecified atom stereocenters. The van der Waals surface area contributed by atoms with Crippen molar-refractivity contribution in [3.8, 4) is 28.8 Å². The van der Waals surface area contributed by atoms with Crippen LogP contribution in [0.25, 0.3) is 22.3 Å². The van der Waals surface area contributed by atoms with Crippen molar-refractivity contribution in [1.29, 1.82) is 0 Å². The molecule has 2 aromatic heterocycles. The normalized spacial score (nSPS) is 11.3. The third-order valence-electron chi connectivity index (χ3n) is 6.98. The summed E-state index contributed by atoms with van der Waals surface area (Å²) in [4.78, 5) is 44.3. The van der Waals surface area contributed by atoms with Crippen molar-refractivity contribution in [3.63, 3.8) is 0 Å². The summed E-state index contributed by atoms with van der Waals surface area (Å²) in [6, 6.07) is 15.5. The van der Waals surface area contributed by atoms with E-state index in [4.69, 9.17) is 26.1 Å². The number of pyridine rings is 1. The van der Waals surface area contributed by atoms with Crippen molar-refractivity contribution < 1.29 is 19.3 Å². The van der Waals surface area contributed by atoms with Crippen LogP contribution in [0.2, 0.25) is 5.02 Å². The Morgan fingerprint density at radius 2 is 1.83 bits per heavy atom. The highest BCUT2D eigenvalue weighted by Gasteiger charge is 2.23. The molecule has 5 aromatic rings. The standard InChI is InChI=1S/C32H27ClN6O7/c1-5-45-28-12-19(4)25(15-24(28)18(2)3)31-36-26-9-7-6-8-23(26)32(40)37(31)35-16-20-13-21(33)14-27(39(43)44)30(20)46-29-11-10-22(17-34-29)38(41)42/h6-18H,5H2,1-4H3. The van der Waals surface area contributed by atoms with Gasteiger partial charge in [-0.15, -0.1) is 0 Å². The molecule has 14 heteroatoms. The number of para-hydroxylation sites is 1. The topological polar surface area (TPSA) is 165 Å². The monoisotopic (exact) mass is 642 g/mol. The van der Waals surface area contributed by atoms with Crippen LogP contribution in [-0.4, -0.2) is 37.3 Å². The molecule has 13 nitrogen and oxygen atoms in total. The molecule has 0 bridgehead atoms. The van der Waals surface area contributed by atoms with Gasteiger partial charge >= 0.3 is 5.69 Å². The number of aromatic nitrogens is 3. The first-order chi connectivity index (χ1) is 22.0. The van der Waals surface area contributed by atoms with Gasteiger partial charge in [0.05, 0.1) is 33.6 Å². The van der Waals surface area contributed by atoms with E-state index in [9.17, 15) is 25.0 Å². The molecule has 0 spiro atoms. The van der Waals surface area contributed by atoms with Crippen molar-refractivity contribution in [3.05, 3.63) is 119 Å². The molecular weight excluding hydrogens is 616 g/mol. The molecule has 3 aromatic carbocycles. The predicted octanol–water partition coefficient (Wildman–Crippen LogP) is 7.43. The number of nitrogens with zero attached hydrogens (tertiary/aromatic N) is 6. The largest absolute Gasteiger partial charge is 0.494 e. The fourth-order valence-corrected chi connectivity index (χ4v) is 5.00. The Kier molecular flexibility index (Phi) is 9.05. The van der Waals surface area contributed by atoms with Crippen LogP contribution >= 0.6 is 11.6 Å². The molecule has 5 rings (SSSR count). The average molecular weight is 643 g/mol. The zero-order valence-electron chi connectivity index (χ0n) is 25.1. The molecule has 0 radical (unpaired) electrons. The molecule has 2 heterocycles. The minimum atomic E-state index is -0.699. The van der Waals surface area contributed by atoms with Gasteiger partial charge in [-0.25, -0.2) is 9.97 Å². The molecule has 0 N–H and O–H groups in total. The number of nitro groups is 2. The highest BCUT2D eigenvalue weighted by Crippen LogP contribution is 2.37. The van der Waals surface area contributed by atoms with Crippen molar-refractivity contribution in [2.24, 2.45) is 5.10 Å². The lowest BCUT2D eigenvalue weighted by Gasteiger charge is -2.18. The Labute approximate surface area is 267 Å². The molecule has 0 fully saturated rings. The lowest BCUT2D eigenvalue weighted by molar-refractivity contribution is -0.385. The summed E-state index contributed by atoms with van der Waals surface area (Å²) in [5.41, 5.74) is 1.55. The first-order valence-corrected chi connectivity index (χ1v) is 14.5. The zero-order valence-corrected chi connectivity index (χ0v) is 25.9. The fourth-order valence-electron chi connectivity index (χ4n) is 4.78. The van der Waals surface area contributed by atoms with Crippen molar-refractivity contribution in [1.82, 2.24) is 14.6 Å². The van der Waals surface area contributed by atoms with Crippen LogP contribution in [0.15, 0.2) is 76.8 Å². The number of rotatable bonds is 10. The molecule has 0 aliphatic heterocycles. The van der Waals surface area contributed by atoms with E-state index in [-0.39, 0.29) is 39.6 Å². The van der Waals surface area contributed by atoms with Gasteiger partial charge in [0.1, 0.15) is 11.9 Å². The molecule has 0 saturated heterocycles. The predicted molar refractivity (Wildman–Crippen MR) is 173 cm³/mol. The molecular formula is C32H27ClN6O7. The summed E-state index contributed by atoms with van der Waals surface area (Å²) < 4.78 is 12.8. The fraction of sp³-hybridized carbons (Fsp3) is 0.188. The van der Waals surface area contributed by atoms with Crippen LogP contribution in [0.4, 0.5) is 11.4 Å². The van der Waals surface area contributed by atoms with E-state index in [0.717, 1.165) is 39.9 Å². The quantitative estimate of drug-likeness (QED) is 0.0855. The Morgan fingerprint density at radius 3 is 2.48 bits per heavy atom. The highest BCUT2D eigenvalue weighted by molar-refractivity contribution is 6.31. The van der Waals surface area contributed by atoms with E-state index in [1.54, 1.807) is 24.3 Å². The number of nitro benzene ring substituents is 1. The number of benzene rings is 3. The second-order valence-corrected chi connectivity index (χ2v) is 10.9. The van der Waals surface area contributed by atoms with Crippen LogP contribution in [0.5, 0.6) is 17.4 Å². The van der Waals surface area contributed by atoms with Gasteiger partial charge in [0.25, 0.3) is 11.2 Å².